The molecule has 3 N–H and O–H groups in total. The molecule has 0 saturated heterocycles. The lowest BCUT2D eigenvalue weighted by molar-refractivity contribution is -0.115. The third-order valence-electron chi connectivity index (χ3n) is 2.81. The Morgan fingerprint density at radius 2 is 2.00 bits per heavy atom. The van der Waals surface area contributed by atoms with Crippen LogP contribution in [0.2, 0.25) is 0 Å². The molecule has 0 aliphatic carbocycles. The lowest BCUT2D eigenvalue weighted by atomic mass is 10.1. The summed E-state index contributed by atoms with van der Waals surface area (Å²) in [6.45, 7) is 3.60. The molecule has 0 heterocycles. The molecule has 1 aromatic carbocycles. The standard InChI is InChI=1S/C13H20N2O3S/c1-3-8-19(17,18)9-7-13(16)15-12-6-4-5-11(14)10(12)2/h4-6H,3,7-9,14H2,1-2H3,(H,15,16). The van der Waals surface area contributed by atoms with Crippen LogP contribution in [-0.4, -0.2) is 25.8 Å². The van der Waals surface area contributed by atoms with Crippen molar-refractivity contribution in [2.24, 2.45) is 0 Å². The normalized spacial score (nSPS) is 11.3. The number of anilines is 2. The molecule has 0 fully saturated rings. The first-order chi connectivity index (χ1) is 8.85. The average molecular weight is 284 g/mol. The number of rotatable bonds is 6. The highest BCUT2D eigenvalue weighted by Gasteiger charge is 2.13. The van der Waals surface area contributed by atoms with Gasteiger partial charge in [0, 0.05) is 23.5 Å². The minimum atomic E-state index is -3.12. The van der Waals surface area contributed by atoms with Crippen molar-refractivity contribution in [3.63, 3.8) is 0 Å². The highest BCUT2D eigenvalue weighted by Crippen LogP contribution is 2.20. The molecule has 0 saturated carbocycles. The quantitative estimate of drug-likeness (QED) is 0.778. The summed E-state index contributed by atoms with van der Waals surface area (Å²) in [4.78, 5) is 11.7. The largest absolute Gasteiger partial charge is 0.398 e. The molecule has 19 heavy (non-hydrogen) atoms. The molecule has 1 aromatic rings. The molecule has 0 aliphatic rings. The fourth-order valence-electron chi connectivity index (χ4n) is 1.66. The second kappa shape index (κ2) is 6.56. The molecular weight excluding hydrogens is 264 g/mol. The third-order valence-corrected chi connectivity index (χ3v) is 4.66. The van der Waals surface area contributed by atoms with E-state index in [0.29, 0.717) is 17.8 Å². The maximum absolute atomic E-state index is 11.7. The van der Waals surface area contributed by atoms with Gasteiger partial charge in [-0.3, -0.25) is 4.79 Å². The highest BCUT2D eigenvalue weighted by atomic mass is 32.2. The van der Waals surface area contributed by atoms with Gasteiger partial charge < -0.3 is 11.1 Å². The van der Waals surface area contributed by atoms with E-state index in [0.717, 1.165) is 5.56 Å². The second-order valence-corrected chi connectivity index (χ2v) is 6.77. The van der Waals surface area contributed by atoms with Crippen molar-refractivity contribution in [2.45, 2.75) is 26.7 Å². The van der Waals surface area contributed by atoms with Crippen molar-refractivity contribution in [3.05, 3.63) is 23.8 Å². The minimum absolute atomic E-state index is 0.0312. The molecule has 0 unspecified atom stereocenters. The maximum Gasteiger partial charge on any atom is 0.225 e. The Balaban J connectivity index is 2.59. The topological polar surface area (TPSA) is 89.3 Å². The number of carbonyl (C=O) groups is 1. The first kappa shape index (κ1) is 15.5. The molecule has 0 spiro atoms. The molecule has 106 valence electrons. The molecule has 0 aliphatic heterocycles. The van der Waals surface area contributed by atoms with Crippen LogP contribution in [0.25, 0.3) is 0 Å². The van der Waals surface area contributed by atoms with Crippen molar-refractivity contribution in [1.29, 1.82) is 0 Å². The lowest BCUT2D eigenvalue weighted by Gasteiger charge is -2.10. The molecule has 0 bridgehead atoms. The predicted octanol–water partition coefficient (Wildman–Crippen LogP) is 1.73. The van der Waals surface area contributed by atoms with Gasteiger partial charge in [0.1, 0.15) is 0 Å². The summed E-state index contributed by atoms with van der Waals surface area (Å²) >= 11 is 0. The van der Waals surface area contributed by atoms with Gasteiger partial charge in [0.15, 0.2) is 9.84 Å². The van der Waals surface area contributed by atoms with Gasteiger partial charge in [-0.2, -0.15) is 0 Å². The van der Waals surface area contributed by atoms with Gasteiger partial charge in [-0.05, 0) is 31.0 Å². The molecule has 0 radical (unpaired) electrons. The van der Waals surface area contributed by atoms with Crippen LogP contribution in [0, 0.1) is 6.92 Å². The van der Waals surface area contributed by atoms with Crippen molar-refractivity contribution >= 4 is 27.1 Å². The van der Waals surface area contributed by atoms with Crippen LogP contribution >= 0.6 is 0 Å². The van der Waals surface area contributed by atoms with E-state index in [-0.39, 0.29) is 23.8 Å². The van der Waals surface area contributed by atoms with Crippen molar-refractivity contribution < 1.29 is 13.2 Å². The minimum Gasteiger partial charge on any atom is -0.398 e. The Morgan fingerprint density at radius 1 is 1.32 bits per heavy atom. The van der Waals surface area contributed by atoms with Gasteiger partial charge in [-0.25, -0.2) is 8.42 Å². The molecule has 0 aromatic heterocycles. The van der Waals surface area contributed by atoms with E-state index in [2.05, 4.69) is 5.32 Å². The summed E-state index contributed by atoms with van der Waals surface area (Å²) in [5.74, 6) is -0.306. The third kappa shape index (κ3) is 4.90. The molecular formula is C13H20N2O3S. The van der Waals surface area contributed by atoms with Crippen LogP contribution in [0.3, 0.4) is 0 Å². The van der Waals surface area contributed by atoms with Gasteiger partial charge in [0.05, 0.1) is 5.75 Å². The molecule has 0 atom stereocenters. The number of hydrogen-bond acceptors (Lipinski definition) is 4. The van der Waals surface area contributed by atoms with E-state index in [4.69, 9.17) is 5.73 Å². The van der Waals surface area contributed by atoms with Crippen molar-refractivity contribution in [3.8, 4) is 0 Å². The summed E-state index contributed by atoms with van der Waals surface area (Å²) in [7, 11) is -3.12. The van der Waals surface area contributed by atoms with Crippen LogP contribution in [0.15, 0.2) is 18.2 Å². The number of hydrogen-bond donors (Lipinski definition) is 2. The number of nitrogens with one attached hydrogen (secondary N) is 1. The van der Waals surface area contributed by atoms with E-state index in [9.17, 15) is 13.2 Å². The van der Waals surface area contributed by atoms with Crippen molar-refractivity contribution in [1.82, 2.24) is 0 Å². The Hall–Kier alpha value is -1.56. The molecule has 6 heteroatoms. The van der Waals surface area contributed by atoms with Crippen LogP contribution in [0.1, 0.15) is 25.3 Å². The van der Waals surface area contributed by atoms with Crippen LogP contribution < -0.4 is 11.1 Å². The summed E-state index contributed by atoms with van der Waals surface area (Å²) in [5.41, 5.74) is 7.73. The first-order valence-electron chi connectivity index (χ1n) is 6.21. The Morgan fingerprint density at radius 3 is 2.63 bits per heavy atom. The molecule has 1 amide bonds. The SMILES string of the molecule is CCCS(=O)(=O)CCC(=O)Nc1cccc(N)c1C. The van der Waals surface area contributed by atoms with Gasteiger partial charge in [0.2, 0.25) is 5.91 Å². The second-order valence-electron chi connectivity index (χ2n) is 4.47. The lowest BCUT2D eigenvalue weighted by Crippen LogP contribution is -2.19. The summed E-state index contributed by atoms with van der Waals surface area (Å²) in [6.07, 6.45) is 0.537. The van der Waals surface area contributed by atoms with E-state index in [1.54, 1.807) is 32.0 Å². The smallest absolute Gasteiger partial charge is 0.225 e. The number of benzene rings is 1. The highest BCUT2D eigenvalue weighted by molar-refractivity contribution is 7.91. The zero-order chi connectivity index (χ0) is 14.5. The maximum atomic E-state index is 11.7. The zero-order valence-corrected chi connectivity index (χ0v) is 12.1. The number of sulfone groups is 1. The van der Waals surface area contributed by atoms with Gasteiger partial charge in [-0.15, -0.1) is 0 Å². The Bertz CT molecular complexity index is 553. The summed E-state index contributed by atoms with van der Waals surface area (Å²) < 4.78 is 23.0. The van der Waals surface area contributed by atoms with Crippen LogP contribution in [0.4, 0.5) is 11.4 Å². The molecule has 1 rings (SSSR count). The van der Waals surface area contributed by atoms with E-state index in [1.165, 1.54) is 0 Å². The van der Waals surface area contributed by atoms with Gasteiger partial charge in [-0.1, -0.05) is 13.0 Å². The van der Waals surface area contributed by atoms with Crippen molar-refractivity contribution in [2.75, 3.05) is 22.6 Å². The van der Waals surface area contributed by atoms with Crippen LogP contribution in [-0.2, 0) is 14.6 Å². The van der Waals surface area contributed by atoms with Crippen LogP contribution in [0.5, 0.6) is 0 Å². The van der Waals surface area contributed by atoms with Gasteiger partial charge in [0.25, 0.3) is 0 Å². The summed E-state index contributed by atoms with van der Waals surface area (Å²) in [6, 6.07) is 5.23. The predicted molar refractivity (Wildman–Crippen MR) is 77.8 cm³/mol. The zero-order valence-electron chi connectivity index (χ0n) is 11.3. The van der Waals surface area contributed by atoms with E-state index < -0.39 is 9.84 Å². The fourth-order valence-corrected chi connectivity index (χ4v) is 2.99. The number of amides is 1. The number of nitrogen functional groups attached to an aromatic ring is 1. The monoisotopic (exact) mass is 284 g/mol. The van der Waals surface area contributed by atoms with E-state index >= 15 is 0 Å². The average Bonchev–Trinajstić information content (AvgIpc) is 2.33. The number of nitrogens with two attached hydrogens (primary N) is 1. The Labute approximate surface area is 114 Å². The Kier molecular flexibility index (Phi) is 5.35. The first-order valence-corrected chi connectivity index (χ1v) is 8.03. The molecule has 5 nitrogen and oxygen atoms in total. The summed E-state index contributed by atoms with van der Waals surface area (Å²) in [5, 5.41) is 2.68. The van der Waals surface area contributed by atoms with Gasteiger partial charge >= 0.3 is 0 Å². The van der Waals surface area contributed by atoms with E-state index in [1.807, 2.05) is 0 Å². The number of carbonyl (C=O) groups excluding carboxylic acids is 1. The fraction of sp³-hybridized carbons (Fsp3) is 0.462.